The summed E-state index contributed by atoms with van der Waals surface area (Å²) in [7, 11) is 0. The maximum atomic E-state index is 12.5. The van der Waals surface area contributed by atoms with E-state index in [1.807, 2.05) is 12.1 Å². The average molecular weight is 302 g/mol. The molecule has 0 radical (unpaired) electrons. The van der Waals surface area contributed by atoms with Crippen molar-refractivity contribution in [3.05, 3.63) is 109 Å². The van der Waals surface area contributed by atoms with E-state index in [9.17, 15) is 4.39 Å². The van der Waals surface area contributed by atoms with Crippen molar-refractivity contribution in [1.29, 1.82) is 0 Å². The second-order valence-electron chi connectivity index (χ2n) is 4.92. The van der Waals surface area contributed by atoms with E-state index < -0.39 is 0 Å². The van der Waals surface area contributed by atoms with Gasteiger partial charge in [-0.15, -0.1) is 0 Å². The number of hydrogen-bond acceptors (Lipinski definition) is 0. The lowest BCUT2D eigenvalue weighted by Crippen LogP contribution is -1.76. The molecule has 3 rings (SSSR count). The van der Waals surface area contributed by atoms with Crippen LogP contribution in [0.1, 0.15) is 11.1 Å². The van der Waals surface area contributed by atoms with Gasteiger partial charge >= 0.3 is 0 Å². The highest BCUT2D eigenvalue weighted by Crippen LogP contribution is 2.19. The standard InChI is InChI=1S/C14H12.C8H7F/c1-2-12-8-10-14(11-9-12)13-6-4-3-5-7-13;1-2-7-5-3-4-6-8(7)9/h2-11H,1H2;2-6H,1H2. The second kappa shape index (κ2) is 8.50. The van der Waals surface area contributed by atoms with Gasteiger partial charge in [0.1, 0.15) is 5.82 Å². The molecule has 23 heavy (non-hydrogen) atoms. The molecule has 0 nitrogen and oxygen atoms in total. The minimum absolute atomic E-state index is 0.215. The summed E-state index contributed by atoms with van der Waals surface area (Å²) in [6.07, 6.45) is 3.35. The lowest BCUT2D eigenvalue weighted by molar-refractivity contribution is 0.625. The Morgan fingerprint density at radius 1 is 0.609 bits per heavy atom. The number of hydrogen-bond donors (Lipinski definition) is 0. The Morgan fingerprint density at radius 3 is 1.70 bits per heavy atom. The van der Waals surface area contributed by atoms with Crippen molar-refractivity contribution >= 4 is 12.2 Å². The highest BCUT2D eigenvalue weighted by molar-refractivity contribution is 5.65. The number of benzene rings is 3. The van der Waals surface area contributed by atoms with Crippen molar-refractivity contribution < 1.29 is 4.39 Å². The second-order valence-corrected chi connectivity index (χ2v) is 4.92. The monoisotopic (exact) mass is 302 g/mol. The minimum atomic E-state index is -0.215. The summed E-state index contributed by atoms with van der Waals surface area (Å²) in [6.45, 7) is 7.19. The topological polar surface area (TPSA) is 0 Å². The summed E-state index contributed by atoms with van der Waals surface area (Å²) in [4.78, 5) is 0. The van der Waals surface area contributed by atoms with Gasteiger partial charge in [0.2, 0.25) is 0 Å². The molecule has 0 saturated carbocycles. The quantitative estimate of drug-likeness (QED) is 0.520. The van der Waals surface area contributed by atoms with Crippen LogP contribution in [0, 0.1) is 5.82 Å². The Bertz CT molecular complexity index is 755. The molecule has 0 heterocycles. The molecule has 0 aliphatic carbocycles. The molecule has 114 valence electrons. The van der Waals surface area contributed by atoms with Crippen molar-refractivity contribution in [3.8, 4) is 11.1 Å². The number of rotatable bonds is 3. The van der Waals surface area contributed by atoms with Gasteiger partial charge in [-0.25, -0.2) is 4.39 Å². The molecule has 0 saturated heterocycles. The normalized spacial score (nSPS) is 9.43. The highest BCUT2D eigenvalue weighted by atomic mass is 19.1. The molecule has 0 aliphatic heterocycles. The first kappa shape index (κ1) is 16.4. The van der Waals surface area contributed by atoms with Gasteiger partial charge < -0.3 is 0 Å². The maximum Gasteiger partial charge on any atom is 0.130 e. The fraction of sp³-hybridized carbons (Fsp3) is 0. The molecule has 0 fully saturated rings. The predicted molar refractivity (Wildman–Crippen MR) is 98.5 cm³/mol. The molecule has 3 aromatic rings. The van der Waals surface area contributed by atoms with Gasteiger partial charge in [-0.3, -0.25) is 0 Å². The third-order valence-corrected chi connectivity index (χ3v) is 3.38. The zero-order chi connectivity index (χ0) is 16.5. The van der Waals surface area contributed by atoms with Gasteiger partial charge in [-0.05, 0) is 22.8 Å². The maximum absolute atomic E-state index is 12.5. The third kappa shape index (κ3) is 4.79. The van der Waals surface area contributed by atoms with Crippen molar-refractivity contribution in [3.63, 3.8) is 0 Å². The van der Waals surface area contributed by atoms with Crippen molar-refractivity contribution in [2.24, 2.45) is 0 Å². The van der Waals surface area contributed by atoms with Gasteiger partial charge in [-0.2, -0.15) is 0 Å². The van der Waals surface area contributed by atoms with Gasteiger partial charge in [0, 0.05) is 5.56 Å². The molecule has 3 aromatic carbocycles. The summed E-state index contributed by atoms with van der Waals surface area (Å²) in [6, 6.07) is 25.3. The summed E-state index contributed by atoms with van der Waals surface area (Å²) in [5, 5.41) is 0. The van der Waals surface area contributed by atoms with E-state index >= 15 is 0 Å². The zero-order valence-electron chi connectivity index (χ0n) is 13.0. The van der Waals surface area contributed by atoms with Crippen LogP contribution in [0.5, 0.6) is 0 Å². The Morgan fingerprint density at radius 2 is 1.17 bits per heavy atom. The molecule has 0 unspecified atom stereocenters. The fourth-order valence-corrected chi connectivity index (χ4v) is 2.08. The van der Waals surface area contributed by atoms with Crippen LogP contribution in [0.25, 0.3) is 23.3 Å². The molecule has 1 heteroatoms. The SMILES string of the molecule is C=Cc1ccc(-c2ccccc2)cc1.C=Cc1ccccc1F. The van der Waals surface area contributed by atoms with Crippen molar-refractivity contribution in [2.45, 2.75) is 0 Å². The fourth-order valence-electron chi connectivity index (χ4n) is 2.08. The molecule has 0 aromatic heterocycles. The first-order valence-corrected chi connectivity index (χ1v) is 7.39. The highest BCUT2D eigenvalue weighted by Gasteiger charge is 1.94. The molecule has 0 spiro atoms. The van der Waals surface area contributed by atoms with Crippen molar-refractivity contribution in [2.75, 3.05) is 0 Å². The van der Waals surface area contributed by atoms with Crippen LogP contribution in [0.3, 0.4) is 0 Å². The van der Waals surface area contributed by atoms with Crippen LogP contribution in [-0.4, -0.2) is 0 Å². The smallest absolute Gasteiger partial charge is 0.130 e. The van der Waals surface area contributed by atoms with Crippen LogP contribution in [0.2, 0.25) is 0 Å². The Hall–Kier alpha value is -2.93. The summed E-state index contributed by atoms with van der Waals surface area (Å²) >= 11 is 0. The van der Waals surface area contributed by atoms with E-state index in [1.165, 1.54) is 23.3 Å². The Labute approximate surface area is 137 Å². The van der Waals surface area contributed by atoms with Gasteiger partial charge in [0.05, 0.1) is 0 Å². The van der Waals surface area contributed by atoms with E-state index in [0.29, 0.717) is 5.56 Å². The molecular formula is C22H19F. The van der Waals surface area contributed by atoms with E-state index in [1.54, 1.807) is 18.2 Å². The van der Waals surface area contributed by atoms with Gasteiger partial charge in [0.15, 0.2) is 0 Å². The van der Waals surface area contributed by atoms with E-state index in [2.05, 4.69) is 61.7 Å². The number of halogens is 1. The molecule has 0 bridgehead atoms. The van der Waals surface area contributed by atoms with E-state index in [4.69, 9.17) is 0 Å². The first-order chi connectivity index (χ1) is 11.2. The van der Waals surface area contributed by atoms with E-state index in [-0.39, 0.29) is 5.82 Å². The summed E-state index contributed by atoms with van der Waals surface area (Å²) < 4.78 is 12.5. The zero-order valence-corrected chi connectivity index (χ0v) is 13.0. The molecule has 0 atom stereocenters. The largest absolute Gasteiger partial charge is 0.206 e. The average Bonchev–Trinajstić information content (AvgIpc) is 2.63. The Balaban J connectivity index is 0.000000185. The molecule has 0 aliphatic rings. The first-order valence-electron chi connectivity index (χ1n) is 7.39. The van der Waals surface area contributed by atoms with Crippen LogP contribution in [0.4, 0.5) is 4.39 Å². The predicted octanol–water partition coefficient (Wildman–Crippen LogP) is 6.47. The lowest BCUT2D eigenvalue weighted by Gasteiger charge is -2.01. The van der Waals surface area contributed by atoms with Crippen LogP contribution in [-0.2, 0) is 0 Å². The summed E-state index contributed by atoms with van der Waals surface area (Å²) in [5.41, 5.74) is 4.21. The Kier molecular flexibility index (Phi) is 6.07. The third-order valence-electron chi connectivity index (χ3n) is 3.38. The van der Waals surface area contributed by atoms with Crippen LogP contribution < -0.4 is 0 Å². The van der Waals surface area contributed by atoms with Gasteiger partial charge in [0.25, 0.3) is 0 Å². The summed E-state index contributed by atoms with van der Waals surface area (Å²) in [5.74, 6) is -0.215. The molecule has 0 amide bonds. The molecular weight excluding hydrogens is 283 g/mol. The van der Waals surface area contributed by atoms with Crippen molar-refractivity contribution in [1.82, 2.24) is 0 Å². The van der Waals surface area contributed by atoms with Crippen LogP contribution >= 0.6 is 0 Å². The van der Waals surface area contributed by atoms with Gasteiger partial charge in [-0.1, -0.05) is 98.1 Å². The minimum Gasteiger partial charge on any atom is -0.206 e. The van der Waals surface area contributed by atoms with E-state index in [0.717, 1.165) is 5.56 Å². The molecule has 0 N–H and O–H groups in total. The van der Waals surface area contributed by atoms with Crippen LogP contribution in [0.15, 0.2) is 92.0 Å². The lowest BCUT2D eigenvalue weighted by atomic mass is 10.0.